The van der Waals surface area contributed by atoms with E-state index in [0.29, 0.717) is 5.76 Å². The minimum atomic E-state index is -0.618. The van der Waals surface area contributed by atoms with E-state index in [1.807, 2.05) is 0 Å². The van der Waals surface area contributed by atoms with Crippen LogP contribution in [-0.4, -0.2) is 15.9 Å². The molecule has 0 amide bonds. The molecule has 0 fully saturated rings. The number of allylic oxidation sites excluding steroid dienone is 4. The van der Waals surface area contributed by atoms with E-state index in [1.165, 1.54) is 31.2 Å². The van der Waals surface area contributed by atoms with Gasteiger partial charge in [0.1, 0.15) is 5.76 Å². The Morgan fingerprint density at radius 2 is 2.23 bits per heavy atom. The van der Waals surface area contributed by atoms with Crippen molar-refractivity contribution in [3.63, 3.8) is 0 Å². The van der Waals surface area contributed by atoms with Crippen LogP contribution in [0, 0.1) is 10.4 Å². The van der Waals surface area contributed by atoms with E-state index in [9.17, 15) is 10.4 Å². The molecular formula is C8H8NO4-. The third-order valence-corrected chi connectivity index (χ3v) is 1.28. The summed E-state index contributed by atoms with van der Waals surface area (Å²) in [6, 6.07) is 0. The first-order valence-electron chi connectivity index (χ1n) is 3.54. The van der Waals surface area contributed by atoms with Gasteiger partial charge in [-0.25, -0.2) is 0 Å². The zero-order valence-electron chi connectivity index (χ0n) is 6.93. The molecule has 1 aliphatic heterocycles. The van der Waals surface area contributed by atoms with Crippen molar-refractivity contribution in [3.05, 3.63) is 46.2 Å². The Bertz CT molecular complexity index is 317. The van der Waals surface area contributed by atoms with Crippen molar-refractivity contribution < 1.29 is 14.7 Å². The first-order valence-corrected chi connectivity index (χ1v) is 3.54. The van der Waals surface area contributed by atoms with Crippen molar-refractivity contribution in [2.45, 2.75) is 6.92 Å². The van der Waals surface area contributed by atoms with Crippen LogP contribution in [0.2, 0.25) is 0 Å². The molecule has 0 bridgehead atoms. The summed E-state index contributed by atoms with van der Waals surface area (Å²) in [6.07, 6.45) is 5.55. The maximum absolute atomic E-state index is 10.2. The number of rotatable bonds is 1. The summed E-state index contributed by atoms with van der Waals surface area (Å²) in [7, 11) is 0. The van der Waals surface area contributed by atoms with Gasteiger partial charge < -0.3 is 20.3 Å². The highest BCUT2D eigenvalue weighted by Crippen LogP contribution is 2.10. The number of nitrogens with zero attached hydrogens (tertiary/aromatic N) is 1. The molecule has 0 radical (unpaired) electrons. The number of hydrogen-bond acceptors (Lipinski definition) is 4. The van der Waals surface area contributed by atoms with Gasteiger partial charge in [0.2, 0.25) is 0 Å². The fourth-order valence-electron chi connectivity index (χ4n) is 0.733. The van der Waals surface area contributed by atoms with Crippen molar-refractivity contribution in [1.29, 1.82) is 0 Å². The lowest BCUT2D eigenvalue weighted by Crippen LogP contribution is -2.06. The summed E-state index contributed by atoms with van der Waals surface area (Å²) in [5.41, 5.74) is 0. The van der Waals surface area contributed by atoms with Crippen molar-refractivity contribution in [1.82, 2.24) is 0 Å². The van der Waals surface area contributed by atoms with Gasteiger partial charge in [-0.3, -0.25) is 0 Å². The minimum Gasteiger partial charge on any atom is -0.610 e. The van der Waals surface area contributed by atoms with Crippen LogP contribution in [0.25, 0.3) is 0 Å². The zero-order chi connectivity index (χ0) is 9.84. The van der Waals surface area contributed by atoms with Gasteiger partial charge in [0.05, 0.1) is 11.8 Å². The maximum Gasteiger partial charge on any atom is 0.391 e. The summed E-state index contributed by atoms with van der Waals surface area (Å²) in [4.78, 5) is -0.618. The summed E-state index contributed by atoms with van der Waals surface area (Å²) in [6.45, 7) is 1.49. The van der Waals surface area contributed by atoms with Gasteiger partial charge in [-0.1, -0.05) is 0 Å². The van der Waals surface area contributed by atoms with Gasteiger partial charge in [0.15, 0.2) is 0 Å². The normalized spacial score (nSPS) is 19.3. The molecule has 13 heavy (non-hydrogen) atoms. The monoisotopic (exact) mass is 182 g/mol. The van der Waals surface area contributed by atoms with Gasteiger partial charge in [-0.15, -0.1) is 4.90 Å². The van der Waals surface area contributed by atoms with Gasteiger partial charge in [-0.05, 0) is 25.2 Å². The molecule has 1 N–H and O–H groups in total. The molecule has 0 aromatic carbocycles. The quantitative estimate of drug-likeness (QED) is 0.377. The highest BCUT2D eigenvalue weighted by molar-refractivity contribution is 5.87. The zero-order valence-corrected chi connectivity index (χ0v) is 6.93. The minimum absolute atomic E-state index is 0.110. The summed E-state index contributed by atoms with van der Waals surface area (Å²) < 4.78 is 4.79. The molecule has 0 saturated heterocycles. The van der Waals surface area contributed by atoms with Gasteiger partial charge in [0, 0.05) is 0 Å². The topological polar surface area (TPSA) is 78.6 Å². The van der Waals surface area contributed by atoms with Gasteiger partial charge >= 0.3 is 5.90 Å². The molecule has 0 aliphatic carbocycles. The Labute approximate surface area is 74.7 Å². The predicted molar refractivity (Wildman–Crippen MR) is 46.7 cm³/mol. The highest BCUT2D eigenvalue weighted by atomic mass is 16.8. The smallest absolute Gasteiger partial charge is 0.391 e. The van der Waals surface area contributed by atoms with Crippen molar-refractivity contribution in [3.8, 4) is 0 Å². The third kappa shape index (κ3) is 2.55. The Morgan fingerprint density at radius 3 is 2.69 bits per heavy atom. The molecule has 0 unspecified atom stereocenters. The Hall–Kier alpha value is -1.91. The van der Waals surface area contributed by atoms with E-state index in [2.05, 4.69) is 0 Å². The van der Waals surface area contributed by atoms with E-state index in [-0.39, 0.29) is 11.7 Å². The van der Waals surface area contributed by atoms with E-state index in [0.717, 1.165) is 0 Å². The van der Waals surface area contributed by atoms with Crippen molar-refractivity contribution in [2.24, 2.45) is 0 Å². The van der Waals surface area contributed by atoms with Crippen LogP contribution in [0.4, 0.5) is 0 Å². The Morgan fingerprint density at radius 1 is 1.54 bits per heavy atom. The molecule has 5 nitrogen and oxygen atoms in total. The van der Waals surface area contributed by atoms with Crippen LogP contribution >= 0.6 is 0 Å². The number of hydrogen-bond donors (Lipinski definition) is 1. The van der Waals surface area contributed by atoms with Gasteiger partial charge in [0.25, 0.3) is 0 Å². The average molecular weight is 182 g/mol. The average Bonchev–Trinajstić information content (AvgIpc) is 2.48. The number of aliphatic hydroxyl groups is 1. The molecule has 0 spiro atoms. The fourth-order valence-corrected chi connectivity index (χ4v) is 0.733. The largest absolute Gasteiger partial charge is 0.610 e. The van der Waals surface area contributed by atoms with E-state index in [4.69, 9.17) is 9.84 Å². The second-order valence-electron chi connectivity index (χ2n) is 2.41. The molecule has 1 aliphatic rings. The highest BCUT2D eigenvalue weighted by Gasteiger charge is 2.12. The second kappa shape index (κ2) is 3.66. The summed E-state index contributed by atoms with van der Waals surface area (Å²) in [5, 5.41) is 29.2. The first kappa shape index (κ1) is 9.18. The second-order valence-corrected chi connectivity index (χ2v) is 2.41. The van der Waals surface area contributed by atoms with Crippen LogP contribution in [0.15, 0.2) is 35.8 Å². The molecule has 0 atom stereocenters. The lowest BCUT2D eigenvalue weighted by Gasteiger charge is -2.04. The molecule has 0 saturated carbocycles. The summed E-state index contributed by atoms with van der Waals surface area (Å²) >= 11 is 0. The lowest BCUT2D eigenvalue weighted by atomic mass is 10.4. The molecule has 0 aromatic heterocycles. The standard InChI is InChI=1S/C8H8NO4/c1-6(10)2-3-7-4-5-8(13-7)9(11)12/h2-5H,1H3,(H-,10,11,12)/q-1. The SMILES string of the molecule is CC(O)=CC=C1C=CC(=[N+]([O-])[O-])O1. The summed E-state index contributed by atoms with van der Waals surface area (Å²) in [5.74, 6) is 0.134. The number of aliphatic hydroxyl groups excluding tert-OH is 1. The molecular weight excluding hydrogens is 174 g/mol. The predicted octanol–water partition coefficient (Wildman–Crippen LogP) is 1.33. The Balaban J connectivity index is 2.73. The lowest BCUT2D eigenvalue weighted by molar-refractivity contribution is -0.388. The van der Waals surface area contributed by atoms with Crippen LogP contribution in [-0.2, 0) is 4.74 Å². The molecule has 0 aromatic rings. The molecule has 5 heteroatoms. The van der Waals surface area contributed by atoms with Crippen molar-refractivity contribution in [2.75, 3.05) is 0 Å². The first-order chi connectivity index (χ1) is 6.09. The van der Waals surface area contributed by atoms with Gasteiger partial charge in [-0.2, -0.15) is 0 Å². The van der Waals surface area contributed by atoms with Crippen molar-refractivity contribution >= 4 is 5.90 Å². The number of ether oxygens (including phenoxy) is 1. The third-order valence-electron chi connectivity index (χ3n) is 1.28. The molecule has 1 rings (SSSR count). The van der Waals surface area contributed by atoms with E-state index in [1.54, 1.807) is 0 Å². The van der Waals surface area contributed by atoms with E-state index >= 15 is 0 Å². The van der Waals surface area contributed by atoms with Crippen LogP contribution in [0.3, 0.4) is 0 Å². The van der Waals surface area contributed by atoms with Crippen LogP contribution < -0.4 is 0 Å². The Kier molecular flexibility index (Phi) is 2.59. The maximum atomic E-state index is 10.2. The molecule has 70 valence electrons. The molecule has 1 heterocycles. The van der Waals surface area contributed by atoms with Crippen LogP contribution in [0.5, 0.6) is 0 Å². The van der Waals surface area contributed by atoms with Crippen LogP contribution in [0.1, 0.15) is 6.92 Å². The van der Waals surface area contributed by atoms with E-state index < -0.39 is 4.90 Å². The fraction of sp³-hybridized carbons (Fsp3) is 0.125.